The van der Waals surface area contributed by atoms with E-state index >= 15 is 0 Å². The van der Waals surface area contributed by atoms with E-state index in [1.54, 1.807) is 0 Å². The molecule has 1 aliphatic heterocycles. The van der Waals surface area contributed by atoms with Crippen molar-refractivity contribution < 1.29 is 4.74 Å². The third kappa shape index (κ3) is 6.39. The quantitative estimate of drug-likeness (QED) is 0.255. The topological polar surface area (TPSA) is 63.5 Å². The van der Waals surface area contributed by atoms with Gasteiger partial charge in [-0.3, -0.25) is 9.67 Å². The molecule has 0 radical (unpaired) electrons. The summed E-state index contributed by atoms with van der Waals surface area (Å²) in [4.78, 5) is 4.69. The standard InChI is InChI=1S/C21H31N5O.HI/c1-4-22-21(23-10-5-12-26-17(3)14-16(2)25-26)24-11-8-18-6-7-20-19(15-18)9-13-27-20;/h6-7,14-15H,4-5,8-13H2,1-3H3,(H2,22,23,24);1H. The molecule has 2 aromatic rings. The zero-order valence-electron chi connectivity index (χ0n) is 17.1. The van der Waals surface area contributed by atoms with Gasteiger partial charge in [-0.1, -0.05) is 12.1 Å². The zero-order valence-corrected chi connectivity index (χ0v) is 19.5. The Bertz CT molecular complexity index is 787. The first-order valence-electron chi connectivity index (χ1n) is 9.93. The molecule has 2 heterocycles. The summed E-state index contributed by atoms with van der Waals surface area (Å²) in [6.45, 7) is 10.4. The van der Waals surface area contributed by atoms with E-state index in [4.69, 9.17) is 4.74 Å². The molecule has 0 fully saturated rings. The smallest absolute Gasteiger partial charge is 0.191 e. The minimum atomic E-state index is 0. The molecule has 2 N–H and O–H groups in total. The fourth-order valence-electron chi connectivity index (χ4n) is 3.38. The van der Waals surface area contributed by atoms with Crippen molar-refractivity contribution in [1.82, 2.24) is 20.4 Å². The van der Waals surface area contributed by atoms with Gasteiger partial charge in [0.15, 0.2) is 5.96 Å². The Morgan fingerprint density at radius 3 is 2.86 bits per heavy atom. The second-order valence-electron chi connectivity index (χ2n) is 6.98. The summed E-state index contributed by atoms with van der Waals surface area (Å²) in [5, 5.41) is 11.3. The number of benzene rings is 1. The summed E-state index contributed by atoms with van der Waals surface area (Å²) >= 11 is 0. The fraction of sp³-hybridized carbons (Fsp3) is 0.524. The fourth-order valence-corrected chi connectivity index (χ4v) is 3.38. The van der Waals surface area contributed by atoms with Crippen LogP contribution >= 0.6 is 24.0 Å². The van der Waals surface area contributed by atoms with E-state index in [0.29, 0.717) is 0 Å². The first-order chi connectivity index (χ1) is 13.2. The van der Waals surface area contributed by atoms with Crippen molar-refractivity contribution in [2.75, 3.05) is 26.2 Å². The van der Waals surface area contributed by atoms with Crippen molar-refractivity contribution in [1.29, 1.82) is 0 Å². The number of aromatic nitrogens is 2. The van der Waals surface area contributed by atoms with Crippen molar-refractivity contribution in [3.8, 4) is 5.75 Å². The van der Waals surface area contributed by atoms with E-state index < -0.39 is 0 Å². The van der Waals surface area contributed by atoms with E-state index in [1.807, 2.05) is 6.92 Å². The molecular formula is C21H32IN5O. The Morgan fingerprint density at radius 1 is 1.25 bits per heavy atom. The van der Waals surface area contributed by atoms with Gasteiger partial charge in [0.25, 0.3) is 0 Å². The average Bonchev–Trinajstić information content (AvgIpc) is 3.24. The van der Waals surface area contributed by atoms with Crippen LogP contribution in [0.25, 0.3) is 0 Å². The number of hydrogen-bond donors (Lipinski definition) is 2. The molecule has 1 aromatic heterocycles. The molecule has 0 atom stereocenters. The molecule has 0 bridgehead atoms. The largest absolute Gasteiger partial charge is 0.493 e. The zero-order chi connectivity index (χ0) is 19.1. The normalized spacial score (nSPS) is 12.9. The van der Waals surface area contributed by atoms with E-state index in [-0.39, 0.29) is 24.0 Å². The Hall–Kier alpha value is -1.77. The molecule has 0 unspecified atom stereocenters. The van der Waals surface area contributed by atoms with Crippen LogP contribution in [-0.2, 0) is 19.4 Å². The molecule has 1 aromatic carbocycles. The summed E-state index contributed by atoms with van der Waals surface area (Å²) in [5.74, 6) is 1.93. The minimum Gasteiger partial charge on any atom is -0.493 e. The van der Waals surface area contributed by atoms with Crippen molar-refractivity contribution >= 4 is 29.9 Å². The van der Waals surface area contributed by atoms with Crippen molar-refractivity contribution in [3.63, 3.8) is 0 Å². The van der Waals surface area contributed by atoms with Crippen LogP contribution in [0.1, 0.15) is 35.9 Å². The lowest BCUT2D eigenvalue weighted by molar-refractivity contribution is 0.357. The number of aryl methyl sites for hydroxylation is 3. The monoisotopic (exact) mass is 497 g/mol. The molecule has 0 spiro atoms. The van der Waals surface area contributed by atoms with Crippen LogP contribution in [0, 0.1) is 13.8 Å². The Kier molecular flexibility index (Phi) is 9.08. The van der Waals surface area contributed by atoms with E-state index in [9.17, 15) is 0 Å². The highest BCUT2D eigenvalue weighted by Crippen LogP contribution is 2.25. The first-order valence-corrected chi connectivity index (χ1v) is 9.93. The SMILES string of the molecule is CCNC(=NCCCn1nc(C)cc1C)NCCc1ccc2c(c1)CCO2.I. The molecular weight excluding hydrogens is 465 g/mol. The number of aliphatic imine (C=N–C) groups is 1. The summed E-state index contributed by atoms with van der Waals surface area (Å²) in [5.41, 5.74) is 4.95. The molecule has 0 aliphatic carbocycles. The van der Waals surface area contributed by atoms with Gasteiger partial charge < -0.3 is 15.4 Å². The highest BCUT2D eigenvalue weighted by molar-refractivity contribution is 14.0. The van der Waals surface area contributed by atoms with Gasteiger partial charge >= 0.3 is 0 Å². The number of halogens is 1. The molecule has 0 saturated carbocycles. The highest BCUT2D eigenvalue weighted by Gasteiger charge is 2.11. The third-order valence-electron chi connectivity index (χ3n) is 4.71. The number of rotatable bonds is 8. The molecule has 6 nitrogen and oxygen atoms in total. The van der Waals surface area contributed by atoms with Crippen molar-refractivity contribution in [2.45, 2.75) is 46.6 Å². The van der Waals surface area contributed by atoms with Crippen LogP contribution in [0.3, 0.4) is 0 Å². The van der Waals surface area contributed by atoms with Crippen LogP contribution in [-0.4, -0.2) is 42.0 Å². The predicted octanol–water partition coefficient (Wildman–Crippen LogP) is 3.24. The van der Waals surface area contributed by atoms with E-state index in [0.717, 1.165) is 69.5 Å². The lowest BCUT2D eigenvalue weighted by atomic mass is 10.1. The molecule has 0 saturated heterocycles. The molecule has 154 valence electrons. The Balaban J connectivity index is 0.00000280. The summed E-state index contributed by atoms with van der Waals surface area (Å²) in [6.07, 6.45) is 2.97. The number of guanidine groups is 1. The van der Waals surface area contributed by atoms with Gasteiger partial charge in [0.2, 0.25) is 0 Å². The maximum atomic E-state index is 5.57. The van der Waals surface area contributed by atoms with Crippen LogP contribution in [0.5, 0.6) is 5.75 Å². The van der Waals surface area contributed by atoms with E-state index in [2.05, 4.69) is 63.5 Å². The average molecular weight is 497 g/mol. The van der Waals surface area contributed by atoms with Gasteiger partial charge in [0.1, 0.15) is 5.75 Å². The van der Waals surface area contributed by atoms with Gasteiger partial charge in [-0.2, -0.15) is 5.10 Å². The number of ether oxygens (including phenoxy) is 1. The van der Waals surface area contributed by atoms with E-state index in [1.165, 1.54) is 16.8 Å². The Labute approximate surface area is 185 Å². The van der Waals surface area contributed by atoms with Gasteiger partial charge in [0, 0.05) is 38.3 Å². The molecule has 3 rings (SSSR count). The van der Waals surface area contributed by atoms with Gasteiger partial charge in [0.05, 0.1) is 12.3 Å². The van der Waals surface area contributed by atoms with Gasteiger partial charge in [-0.25, -0.2) is 0 Å². The maximum Gasteiger partial charge on any atom is 0.191 e. The minimum absolute atomic E-state index is 0. The van der Waals surface area contributed by atoms with Gasteiger partial charge in [-0.15, -0.1) is 24.0 Å². The number of hydrogen-bond acceptors (Lipinski definition) is 3. The summed E-state index contributed by atoms with van der Waals surface area (Å²) < 4.78 is 7.63. The lowest BCUT2D eigenvalue weighted by Gasteiger charge is -2.12. The lowest BCUT2D eigenvalue weighted by Crippen LogP contribution is -2.38. The number of fused-ring (bicyclic) bond motifs is 1. The number of nitrogens with zero attached hydrogens (tertiary/aromatic N) is 3. The highest BCUT2D eigenvalue weighted by atomic mass is 127. The third-order valence-corrected chi connectivity index (χ3v) is 4.71. The van der Waals surface area contributed by atoms with Crippen LogP contribution in [0.15, 0.2) is 29.3 Å². The summed E-state index contributed by atoms with van der Waals surface area (Å²) in [6, 6.07) is 8.63. The summed E-state index contributed by atoms with van der Waals surface area (Å²) in [7, 11) is 0. The second kappa shape index (κ2) is 11.3. The molecule has 7 heteroatoms. The first kappa shape index (κ1) is 22.5. The molecule has 0 amide bonds. The van der Waals surface area contributed by atoms with Crippen molar-refractivity contribution in [2.24, 2.45) is 4.99 Å². The predicted molar refractivity (Wildman–Crippen MR) is 125 cm³/mol. The Morgan fingerprint density at radius 2 is 2.11 bits per heavy atom. The second-order valence-corrected chi connectivity index (χ2v) is 6.98. The number of nitrogens with one attached hydrogen (secondary N) is 2. The maximum absolute atomic E-state index is 5.57. The molecule has 1 aliphatic rings. The van der Waals surface area contributed by atoms with Crippen molar-refractivity contribution in [3.05, 3.63) is 46.8 Å². The molecule has 28 heavy (non-hydrogen) atoms. The van der Waals surface area contributed by atoms with Crippen LogP contribution in [0.4, 0.5) is 0 Å². The van der Waals surface area contributed by atoms with Crippen LogP contribution < -0.4 is 15.4 Å². The van der Waals surface area contributed by atoms with Crippen LogP contribution in [0.2, 0.25) is 0 Å². The van der Waals surface area contributed by atoms with Gasteiger partial charge in [-0.05, 0) is 56.9 Å².